The lowest BCUT2D eigenvalue weighted by atomic mass is 9.98. The van der Waals surface area contributed by atoms with Gasteiger partial charge in [0.15, 0.2) is 0 Å². The van der Waals surface area contributed by atoms with Gasteiger partial charge < -0.3 is 15.5 Å². The van der Waals surface area contributed by atoms with Crippen LogP contribution in [0.1, 0.15) is 19.0 Å². The number of hydrogen-bond donors (Lipinski definition) is 3. The van der Waals surface area contributed by atoms with E-state index in [1.807, 2.05) is 0 Å². The van der Waals surface area contributed by atoms with Gasteiger partial charge in [-0.2, -0.15) is 0 Å². The van der Waals surface area contributed by atoms with Crippen LogP contribution >= 0.6 is 11.3 Å². The summed E-state index contributed by atoms with van der Waals surface area (Å²) in [5, 5.41) is 22.7. The number of carbonyl (C=O) groups excluding carboxylic acids is 1. The van der Waals surface area contributed by atoms with Crippen LogP contribution in [0.5, 0.6) is 0 Å². The minimum Gasteiger partial charge on any atom is -0.394 e. The van der Waals surface area contributed by atoms with Crippen molar-refractivity contribution in [1.82, 2.24) is 9.88 Å². The van der Waals surface area contributed by atoms with Gasteiger partial charge in [0.2, 0.25) is 5.91 Å². The van der Waals surface area contributed by atoms with Gasteiger partial charge in [0.1, 0.15) is 6.54 Å². The highest BCUT2D eigenvalue weighted by molar-refractivity contribution is 7.07. The number of nitrogens with zero attached hydrogens (tertiary/aromatic N) is 1. The first-order chi connectivity index (χ1) is 8.48. The maximum absolute atomic E-state index is 11.8. The number of rotatable bonds is 6. The molecule has 1 aromatic heterocycles. The second kappa shape index (κ2) is 6.12. The summed E-state index contributed by atoms with van der Waals surface area (Å²) in [5.41, 5.74) is -0.305. The summed E-state index contributed by atoms with van der Waals surface area (Å²) < 4.78 is 1.36. The molecule has 0 aliphatic rings. The highest BCUT2D eigenvalue weighted by Crippen LogP contribution is 2.08. The molecule has 1 heterocycles. The second-order valence-corrected chi connectivity index (χ2v) is 5.05. The first-order valence-corrected chi connectivity index (χ1v) is 6.53. The number of amides is 1. The summed E-state index contributed by atoms with van der Waals surface area (Å²) in [4.78, 5) is 23.1. The van der Waals surface area contributed by atoms with Crippen molar-refractivity contribution in [3.8, 4) is 0 Å². The molecule has 1 rings (SSSR count). The molecule has 1 amide bonds. The predicted octanol–water partition coefficient (Wildman–Crippen LogP) is -0.532. The first kappa shape index (κ1) is 14.9. The van der Waals surface area contributed by atoms with Gasteiger partial charge in [-0.1, -0.05) is 18.3 Å². The Kier molecular flexibility index (Phi) is 5.06. The summed E-state index contributed by atoms with van der Waals surface area (Å²) in [5.74, 6) is -0.399. The van der Waals surface area contributed by atoms with Crippen molar-refractivity contribution in [2.24, 2.45) is 0 Å². The molecule has 7 heteroatoms. The number of aromatic nitrogens is 1. The Morgan fingerprint density at radius 2 is 2.11 bits per heavy atom. The van der Waals surface area contributed by atoms with E-state index in [1.165, 1.54) is 4.57 Å². The maximum atomic E-state index is 11.8. The van der Waals surface area contributed by atoms with E-state index in [0.29, 0.717) is 6.42 Å². The van der Waals surface area contributed by atoms with Crippen LogP contribution in [0.2, 0.25) is 0 Å². The summed E-state index contributed by atoms with van der Waals surface area (Å²) in [7, 11) is 0. The molecule has 0 atom stereocenters. The molecule has 0 unspecified atom stereocenters. The highest BCUT2D eigenvalue weighted by atomic mass is 32.1. The van der Waals surface area contributed by atoms with Gasteiger partial charge in [0, 0.05) is 11.1 Å². The Hall–Kier alpha value is -1.18. The van der Waals surface area contributed by atoms with Crippen molar-refractivity contribution in [2.45, 2.75) is 32.4 Å². The molecular weight excluding hydrogens is 256 g/mol. The Balaban J connectivity index is 2.76. The average Bonchev–Trinajstić information content (AvgIpc) is 2.68. The molecular formula is C11H18N2O4S. The molecule has 0 radical (unpaired) electrons. The van der Waals surface area contributed by atoms with E-state index < -0.39 is 11.4 Å². The predicted molar refractivity (Wildman–Crippen MR) is 68.7 cm³/mol. The number of carbonyl (C=O) groups is 1. The van der Waals surface area contributed by atoms with Crippen molar-refractivity contribution < 1.29 is 15.0 Å². The van der Waals surface area contributed by atoms with Crippen molar-refractivity contribution in [3.05, 3.63) is 20.7 Å². The van der Waals surface area contributed by atoms with Gasteiger partial charge in [-0.3, -0.25) is 14.2 Å². The van der Waals surface area contributed by atoms with Gasteiger partial charge in [0.05, 0.1) is 18.8 Å². The fraction of sp³-hybridized carbons (Fsp3) is 0.636. The van der Waals surface area contributed by atoms with Crippen LogP contribution in [-0.2, 0) is 11.3 Å². The van der Waals surface area contributed by atoms with Crippen molar-refractivity contribution >= 4 is 17.2 Å². The zero-order chi connectivity index (χ0) is 13.8. The lowest BCUT2D eigenvalue weighted by Crippen LogP contribution is -2.54. The standard InChI is InChI=1S/C11H18N2O4S/c1-3-11(6-14,7-15)12-9(16)4-13-8(2)5-18-10(13)17/h5,14-15H,3-4,6-7H2,1-2H3,(H,12,16). The van der Waals surface area contributed by atoms with Crippen molar-refractivity contribution in [3.63, 3.8) is 0 Å². The van der Waals surface area contributed by atoms with Gasteiger partial charge in [-0.15, -0.1) is 0 Å². The van der Waals surface area contributed by atoms with Crippen LogP contribution in [-0.4, -0.2) is 39.4 Å². The van der Waals surface area contributed by atoms with E-state index in [2.05, 4.69) is 5.32 Å². The molecule has 0 bridgehead atoms. The quantitative estimate of drug-likeness (QED) is 0.650. The Bertz CT molecular complexity index is 454. The van der Waals surface area contributed by atoms with Crippen LogP contribution in [0.15, 0.2) is 10.2 Å². The van der Waals surface area contributed by atoms with Crippen LogP contribution in [0.25, 0.3) is 0 Å². The van der Waals surface area contributed by atoms with Gasteiger partial charge in [-0.05, 0) is 13.3 Å². The highest BCUT2D eigenvalue weighted by Gasteiger charge is 2.28. The molecule has 3 N–H and O–H groups in total. The summed E-state index contributed by atoms with van der Waals surface area (Å²) in [6, 6.07) is 0. The lowest BCUT2D eigenvalue weighted by Gasteiger charge is -2.29. The van der Waals surface area contributed by atoms with E-state index in [1.54, 1.807) is 19.2 Å². The third-order valence-corrected chi connectivity index (χ3v) is 3.85. The molecule has 6 nitrogen and oxygen atoms in total. The minimum atomic E-state index is -1.02. The topological polar surface area (TPSA) is 91.6 Å². The number of hydrogen-bond acceptors (Lipinski definition) is 5. The fourth-order valence-corrected chi connectivity index (χ4v) is 2.25. The van der Waals surface area contributed by atoms with Gasteiger partial charge >= 0.3 is 4.87 Å². The van der Waals surface area contributed by atoms with E-state index in [4.69, 9.17) is 0 Å². The van der Waals surface area contributed by atoms with Crippen molar-refractivity contribution in [1.29, 1.82) is 0 Å². The van der Waals surface area contributed by atoms with Crippen LogP contribution < -0.4 is 10.2 Å². The molecule has 0 spiro atoms. The SMILES string of the molecule is CCC(CO)(CO)NC(=O)Cn1c(C)csc1=O. The maximum Gasteiger partial charge on any atom is 0.307 e. The Labute approximate surface area is 109 Å². The number of nitrogens with one attached hydrogen (secondary N) is 1. The van der Waals surface area contributed by atoms with Crippen molar-refractivity contribution in [2.75, 3.05) is 13.2 Å². The van der Waals surface area contributed by atoms with E-state index >= 15 is 0 Å². The molecule has 1 aromatic rings. The summed E-state index contributed by atoms with van der Waals surface area (Å²) >= 11 is 1.04. The van der Waals surface area contributed by atoms with Gasteiger partial charge in [-0.25, -0.2) is 0 Å². The number of thiazole rings is 1. The lowest BCUT2D eigenvalue weighted by molar-refractivity contribution is -0.125. The minimum absolute atomic E-state index is 0.101. The van der Waals surface area contributed by atoms with E-state index in [-0.39, 0.29) is 24.6 Å². The number of aliphatic hydroxyl groups is 2. The molecule has 0 fully saturated rings. The fourth-order valence-electron chi connectivity index (χ4n) is 1.52. The van der Waals surface area contributed by atoms with Gasteiger partial charge in [0.25, 0.3) is 0 Å². The largest absolute Gasteiger partial charge is 0.394 e. The molecule has 0 aliphatic carbocycles. The zero-order valence-electron chi connectivity index (χ0n) is 10.5. The number of aryl methyl sites for hydroxylation is 1. The zero-order valence-corrected chi connectivity index (χ0v) is 11.3. The smallest absolute Gasteiger partial charge is 0.307 e. The van der Waals surface area contributed by atoms with E-state index in [0.717, 1.165) is 17.0 Å². The summed E-state index contributed by atoms with van der Waals surface area (Å²) in [6.45, 7) is 2.72. The van der Waals surface area contributed by atoms with Crippen LogP contribution in [0, 0.1) is 6.92 Å². The van der Waals surface area contributed by atoms with Crippen LogP contribution in [0.4, 0.5) is 0 Å². The third kappa shape index (κ3) is 3.18. The number of aliphatic hydroxyl groups excluding tert-OH is 2. The van der Waals surface area contributed by atoms with Crippen LogP contribution in [0.3, 0.4) is 0 Å². The Morgan fingerprint density at radius 1 is 1.50 bits per heavy atom. The second-order valence-electron chi connectivity index (χ2n) is 4.23. The first-order valence-electron chi connectivity index (χ1n) is 5.65. The molecule has 102 valence electrons. The monoisotopic (exact) mass is 274 g/mol. The molecule has 0 aromatic carbocycles. The Morgan fingerprint density at radius 3 is 2.50 bits per heavy atom. The third-order valence-electron chi connectivity index (χ3n) is 2.96. The molecule has 18 heavy (non-hydrogen) atoms. The average molecular weight is 274 g/mol. The molecule has 0 aliphatic heterocycles. The molecule has 0 saturated heterocycles. The normalized spacial score (nSPS) is 11.6. The molecule has 0 saturated carbocycles. The summed E-state index contributed by atoms with van der Waals surface area (Å²) in [6.07, 6.45) is 0.406. The van der Waals surface area contributed by atoms with E-state index in [9.17, 15) is 19.8 Å².